The van der Waals surface area contributed by atoms with Crippen LogP contribution in [0.3, 0.4) is 0 Å². The van der Waals surface area contributed by atoms with Crippen molar-refractivity contribution in [2.45, 2.75) is 75.6 Å². The SMILES string of the molecule is CN(C1=Cc2[o+]c3cc4c(cc3cc2C(C)(C)C1)C(CS(=O)(=O)[O-])=CC(C)(C)N4CCCCCC(=O)O)c1ccc(S(=O)(=O)[O-])cc1.[Na+]. The van der Waals surface area contributed by atoms with E-state index in [0.717, 1.165) is 22.3 Å². The molecule has 5 rings (SSSR count). The van der Waals surface area contributed by atoms with Crippen molar-refractivity contribution < 1.29 is 69.8 Å². The normalized spacial score (nSPS) is 16.7. The molecular weight excluding hydrogens is 668 g/mol. The molecule has 2 aromatic carbocycles. The fourth-order valence-corrected chi connectivity index (χ4v) is 7.69. The van der Waals surface area contributed by atoms with E-state index in [9.17, 15) is 30.7 Å². The molecule has 14 heteroatoms. The van der Waals surface area contributed by atoms with Crippen LogP contribution in [0.15, 0.2) is 63.6 Å². The standard InChI is InChI=1S/C34H40N2O9S2.Na/c1-33(2)20-25(35(5)24-10-12-26(13-11-24)47(42,43)44)17-31-28(33)16-22-15-27-23(21-46(39,40)41)19-34(3,4)36(29(27)18-30(22)45-31)14-8-6-7-9-32(37)38;/h10-13,15-19H,6-9,14,20-21H2,1-5H3,(H2-,37,38,39,40,41,42,43,44);/q;+1/p-1. The number of carboxylic acids is 1. The molecule has 1 aliphatic heterocycles. The van der Waals surface area contributed by atoms with Gasteiger partial charge in [-0.1, -0.05) is 26.3 Å². The van der Waals surface area contributed by atoms with Gasteiger partial charge in [-0.15, -0.1) is 0 Å². The summed E-state index contributed by atoms with van der Waals surface area (Å²) in [5.41, 5.74) is 3.91. The Kier molecular flexibility index (Phi) is 11.0. The first-order valence-corrected chi connectivity index (χ1v) is 18.3. The Labute approximate surface area is 304 Å². The van der Waals surface area contributed by atoms with Crippen LogP contribution in [0, 0.1) is 0 Å². The number of carbonyl (C=O) groups is 1. The van der Waals surface area contributed by atoms with Crippen molar-refractivity contribution in [3.05, 3.63) is 71.1 Å². The minimum absolute atomic E-state index is 0. The second-order valence-corrected chi connectivity index (χ2v) is 16.3. The molecule has 0 saturated carbocycles. The van der Waals surface area contributed by atoms with Crippen molar-refractivity contribution in [3.8, 4) is 0 Å². The first kappa shape index (κ1) is 38.0. The summed E-state index contributed by atoms with van der Waals surface area (Å²) in [6.07, 6.45) is 6.45. The summed E-state index contributed by atoms with van der Waals surface area (Å²) in [7, 11) is -7.28. The summed E-state index contributed by atoms with van der Waals surface area (Å²) in [5, 5.41) is 9.77. The van der Waals surface area contributed by atoms with E-state index in [4.69, 9.17) is 9.52 Å². The third-order valence-corrected chi connectivity index (χ3v) is 10.5. The first-order valence-electron chi connectivity index (χ1n) is 15.4. The van der Waals surface area contributed by atoms with E-state index in [-0.39, 0.29) is 46.3 Å². The molecule has 0 radical (unpaired) electrons. The third-order valence-electron chi connectivity index (χ3n) is 8.97. The summed E-state index contributed by atoms with van der Waals surface area (Å²) < 4.78 is 76.7. The number of carboxylic acid groups (broad SMARTS) is 1. The summed E-state index contributed by atoms with van der Waals surface area (Å²) in [5.74, 6) is -0.840. The molecule has 3 aromatic rings. The van der Waals surface area contributed by atoms with Crippen LogP contribution in [0.5, 0.6) is 0 Å². The molecule has 1 N–H and O–H groups in total. The zero-order valence-corrected chi connectivity index (χ0v) is 31.7. The number of nitrogens with zero attached hydrogens (tertiary/aromatic N) is 2. The molecule has 0 saturated heterocycles. The van der Waals surface area contributed by atoms with Crippen LogP contribution in [0.25, 0.3) is 22.6 Å². The number of fused-ring (bicyclic) bond motifs is 3. The number of unbranched alkanes of at least 4 members (excludes halogenated alkanes) is 2. The Morgan fingerprint density at radius 3 is 2.27 bits per heavy atom. The van der Waals surface area contributed by atoms with E-state index in [0.29, 0.717) is 60.4 Å². The van der Waals surface area contributed by atoms with Crippen LogP contribution < -0.4 is 39.4 Å². The minimum atomic E-state index is -4.57. The zero-order valence-electron chi connectivity index (χ0n) is 28.1. The van der Waals surface area contributed by atoms with Crippen molar-refractivity contribution in [1.29, 1.82) is 0 Å². The Balaban J connectivity index is 0.00000520. The maximum Gasteiger partial charge on any atom is 1.00 e. The van der Waals surface area contributed by atoms with Crippen molar-refractivity contribution in [3.63, 3.8) is 0 Å². The number of aliphatic carboxylic acids is 1. The monoisotopic (exact) mass is 706 g/mol. The number of benzene rings is 2. The molecule has 0 spiro atoms. The van der Waals surface area contributed by atoms with Crippen LogP contribution in [0.4, 0.5) is 11.4 Å². The minimum Gasteiger partial charge on any atom is -0.748 e. The smallest absolute Gasteiger partial charge is 0.748 e. The Morgan fingerprint density at radius 2 is 1.67 bits per heavy atom. The van der Waals surface area contributed by atoms with Crippen molar-refractivity contribution in [2.75, 3.05) is 29.1 Å². The van der Waals surface area contributed by atoms with Gasteiger partial charge < -0.3 is 24.0 Å². The largest absolute Gasteiger partial charge is 1.00 e. The number of hydrogen-bond donors (Lipinski definition) is 1. The Hall–Kier alpha value is -2.78. The fourth-order valence-electron chi connectivity index (χ4n) is 6.61. The molecule has 48 heavy (non-hydrogen) atoms. The van der Waals surface area contributed by atoms with E-state index >= 15 is 0 Å². The third kappa shape index (κ3) is 8.32. The van der Waals surface area contributed by atoms with Crippen LogP contribution in [-0.2, 0) is 30.4 Å². The fraction of sp³-hybridized carbons (Fsp3) is 0.412. The van der Waals surface area contributed by atoms with Gasteiger partial charge in [0.25, 0.3) is 0 Å². The number of anilines is 2. The van der Waals surface area contributed by atoms with Gasteiger partial charge in [0, 0.05) is 42.4 Å². The van der Waals surface area contributed by atoms with Gasteiger partial charge in [-0.25, -0.2) is 21.3 Å². The number of allylic oxidation sites excluding steroid dienone is 1. The van der Waals surface area contributed by atoms with Crippen molar-refractivity contribution in [2.24, 2.45) is 0 Å². The maximum absolute atomic E-state index is 12.0. The summed E-state index contributed by atoms with van der Waals surface area (Å²) in [6, 6.07) is 11.6. The molecule has 252 valence electrons. The molecule has 2 aliphatic rings. The predicted octanol–water partition coefficient (Wildman–Crippen LogP) is 2.95. The molecule has 0 bridgehead atoms. The van der Waals surface area contributed by atoms with Crippen molar-refractivity contribution >= 4 is 60.2 Å². The number of hydrogen-bond acceptors (Lipinski definition) is 9. The van der Waals surface area contributed by atoms with E-state index in [2.05, 4.69) is 18.7 Å². The van der Waals surface area contributed by atoms with Crippen molar-refractivity contribution in [1.82, 2.24) is 0 Å². The van der Waals surface area contributed by atoms with Gasteiger partial charge in [0.05, 0.1) is 55.1 Å². The molecule has 11 nitrogen and oxygen atoms in total. The maximum atomic E-state index is 12.0. The molecule has 1 aromatic heterocycles. The summed E-state index contributed by atoms with van der Waals surface area (Å²) in [6.45, 7) is 8.65. The predicted molar refractivity (Wildman–Crippen MR) is 179 cm³/mol. The average molecular weight is 707 g/mol. The second kappa shape index (κ2) is 13.9. The Morgan fingerprint density at radius 1 is 1.00 bits per heavy atom. The van der Waals surface area contributed by atoms with Gasteiger partial charge in [-0.3, -0.25) is 4.79 Å². The van der Waals surface area contributed by atoms with Crippen LogP contribution >= 0.6 is 0 Å². The molecule has 0 unspecified atom stereocenters. The second-order valence-electron chi connectivity index (χ2n) is 13.5. The quantitative estimate of drug-likeness (QED) is 0.135. The Bertz CT molecular complexity index is 2020. The van der Waals surface area contributed by atoms with Gasteiger partial charge in [0.1, 0.15) is 10.1 Å². The summed E-state index contributed by atoms with van der Waals surface area (Å²) in [4.78, 5) is 14.7. The van der Waals surface area contributed by atoms with Crippen LogP contribution in [0.1, 0.15) is 76.7 Å². The zero-order chi connectivity index (χ0) is 34.5. The van der Waals surface area contributed by atoms with E-state index < -0.39 is 37.5 Å². The van der Waals surface area contributed by atoms with Gasteiger partial charge >= 0.3 is 46.9 Å². The molecule has 1 aliphatic carbocycles. The molecule has 0 atom stereocenters. The first-order chi connectivity index (χ1) is 21.7. The average Bonchev–Trinajstić information content (AvgIpc) is 2.94. The molecule has 0 fully saturated rings. The molecule has 0 amide bonds. The van der Waals surface area contributed by atoms with Crippen LogP contribution in [-0.4, -0.2) is 61.9 Å². The number of rotatable bonds is 11. The topological polar surface area (TPSA) is 169 Å². The van der Waals surface area contributed by atoms with Gasteiger partial charge in [0.2, 0.25) is 0 Å². The van der Waals surface area contributed by atoms with Crippen LogP contribution in [0.2, 0.25) is 0 Å². The molecule has 2 heterocycles. The van der Waals surface area contributed by atoms with E-state index in [1.807, 2.05) is 56.1 Å². The molecular formula is C34H39N2NaO9S2. The van der Waals surface area contributed by atoms with Gasteiger partial charge in [0.15, 0.2) is 0 Å². The van der Waals surface area contributed by atoms with E-state index in [1.54, 1.807) is 12.1 Å². The summed E-state index contributed by atoms with van der Waals surface area (Å²) >= 11 is 0. The van der Waals surface area contributed by atoms with E-state index in [1.165, 1.54) is 12.1 Å². The van der Waals surface area contributed by atoms with Gasteiger partial charge in [-0.05, 0) is 75.1 Å². The van der Waals surface area contributed by atoms with Gasteiger partial charge in [-0.2, -0.15) is 0 Å².